The molecule has 3 aromatic rings. The number of para-hydroxylation sites is 1. The predicted octanol–water partition coefficient (Wildman–Crippen LogP) is 3.79. The van der Waals surface area contributed by atoms with E-state index in [9.17, 15) is 4.79 Å². The molecule has 0 N–H and O–H groups in total. The molecule has 1 saturated heterocycles. The molecule has 27 heavy (non-hydrogen) atoms. The Morgan fingerprint density at radius 1 is 1.26 bits per heavy atom. The van der Waals surface area contributed by atoms with Crippen molar-refractivity contribution < 1.29 is 9.47 Å². The first-order chi connectivity index (χ1) is 13.3. The van der Waals surface area contributed by atoms with Crippen molar-refractivity contribution in [2.45, 2.75) is 36.9 Å². The Hall–Kier alpha value is -1.67. The van der Waals surface area contributed by atoms with E-state index in [2.05, 4.69) is 0 Å². The number of hydrogen-bond donors (Lipinski definition) is 0. The molecule has 0 unspecified atom stereocenters. The SMILES string of the molecule is O=c1c2c3c(sc2nc(SC[C@H]2CCOCO2)n1-c1ccccc1)CCC3. The first kappa shape index (κ1) is 17.4. The van der Waals surface area contributed by atoms with Crippen molar-refractivity contribution in [1.82, 2.24) is 9.55 Å². The van der Waals surface area contributed by atoms with Crippen molar-refractivity contribution in [2.75, 3.05) is 19.2 Å². The fourth-order valence-electron chi connectivity index (χ4n) is 3.73. The highest BCUT2D eigenvalue weighted by molar-refractivity contribution is 7.99. The van der Waals surface area contributed by atoms with Crippen LogP contribution in [0.1, 0.15) is 23.3 Å². The minimum absolute atomic E-state index is 0.0565. The predicted molar refractivity (Wildman–Crippen MR) is 108 cm³/mol. The molecule has 0 amide bonds. The first-order valence-corrected chi connectivity index (χ1v) is 11.1. The van der Waals surface area contributed by atoms with Crippen molar-refractivity contribution >= 4 is 33.3 Å². The zero-order valence-electron chi connectivity index (χ0n) is 14.8. The van der Waals surface area contributed by atoms with Gasteiger partial charge in [-0.05, 0) is 43.4 Å². The van der Waals surface area contributed by atoms with Crippen LogP contribution < -0.4 is 5.56 Å². The van der Waals surface area contributed by atoms with Crippen LogP contribution >= 0.6 is 23.1 Å². The lowest BCUT2D eigenvalue weighted by Gasteiger charge is -2.22. The van der Waals surface area contributed by atoms with Crippen molar-refractivity contribution in [3.8, 4) is 5.69 Å². The molecule has 140 valence electrons. The molecule has 2 aromatic heterocycles. The zero-order valence-corrected chi connectivity index (χ0v) is 16.5. The van der Waals surface area contributed by atoms with E-state index in [1.54, 1.807) is 27.7 Å². The number of thioether (sulfide) groups is 1. The van der Waals surface area contributed by atoms with Crippen LogP contribution in [-0.2, 0) is 22.3 Å². The van der Waals surface area contributed by atoms with Gasteiger partial charge in [0.1, 0.15) is 11.6 Å². The quantitative estimate of drug-likeness (QED) is 0.493. The minimum atomic E-state index is 0.0565. The molecule has 1 fully saturated rings. The highest BCUT2D eigenvalue weighted by Gasteiger charge is 2.24. The number of aromatic nitrogens is 2. The second-order valence-corrected chi connectivity index (χ2v) is 8.89. The van der Waals surface area contributed by atoms with Gasteiger partial charge in [-0.15, -0.1) is 11.3 Å². The number of fused-ring (bicyclic) bond motifs is 3. The van der Waals surface area contributed by atoms with E-state index in [4.69, 9.17) is 14.5 Å². The summed E-state index contributed by atoms with van der Waals surface area (Å²) in [6, 6.07) is 9.82. The largest absolute Gasteiger partial charge is 0.355 e. The lowest BCUT2D eigenvalue weighted by Crippen LogP contribution is -2.27. The molecule has 0 spiro atoms. The summed E-state index contributed by atoms with van der Waals surface area (Å²) in [6.45, 7) is 1.07. The highest BCUT2D eigenvalue weighted by atomic mass is 32.2. The molecule has 0 saturated carbocycles. The van der Waals surface area contributed by atoms with Gasteiger partial charge in [-0.25, -0.2) is 4.98 Å². The van der Waals surface area contributed by atoms with E-state index in [0.717, 1.165) is 59.1 Å². The molecule has 2 aliphatic rings. The van der Waals surface area contributed by atoms with Gasteiger partial charge in [0.15, 0.2) is 5.16 Å². The third-order valence-corrected chi connectivity index (χ3v) is 7.35. The Bertz CT molecular complexity index is 1020. The van der Waals surface area contributed by atoms with Gasteiger partial charge in [-0.3, -0.25) is 9.36 Å². The van der Waals surface area contributed by atoms with Gasteiger partial charge >= 0.3 is 0 Å². The normalized spacial score (nSPS) is 19.5. The average Bonchev–Trinajstić information content (AvgIpc) is 3.28. The number of benzene rings is 1. The monoisotopic (exact) mass is 400 g/mol. The Morgan fingerprint density at radius 3 is 2.96 bits per heavy atom. The van der Waals surface area contributed by atoms with Crippen LogP contribution in [0.2, 0.25) is 0 Å². The topological polar surface area (TPSA) is 53.4 Å². The fourth-order valence-corrected chi connectivity index (χ4v) is 6.11. The Labute approximate surface area is 165 Å². The third-order valence-electron chi connectivity index (χ3n) is 5.09. The van der Waals surface area contributed by atoms with Crippen LogP contribution in [-0.4, -0.2) is 34.8 Å². The van der Waals surface area contributed by atoms with Crippen LogP contribution in [0, 0.1) is 0 Å². The molecule has 1 aliphatic heterocycles. The Morgan fingerprint density at radius 2 is 2.15 bits per heavy atom. The molecule has 1 atom stereocenters. The van der Waals surface area contributed by atoms with Crippen LogP contribution in [0.5, 0.6) is 0 Å². The molecule has 3 heterocycles. The van der Waals surface area contributed by atoms with E-state index in [-0.39, 0.29) is 11.7 Å². The van der Waals surface area contributed by atoms with Crippen molar-refractivity contribution in [3.05, 3.63) is 51.1 Å². The second-order valence-electron chi connectivity index (χ2n) is 6.82. The Balaban J connectivity index is 1.61. The van der Waals surface area contributed by atoms with Crippen LogP contribution in [0.25, 0.3) is 15.9 Å². The maximum absolute atomic E-state index is 13.5. The first-order valence-electron chi connectivity index (χ1n) is 9.26. The van der Waals surface area contributed by atoms with Gasteiger partial charge in [-0.1, -0.05) is 30.0 Å². The summed E-state index contributed by atoms with van der Waals surface area (Å²) in [6.07, 6.45) is 4.20. The van der Waals surface area contributed by atoms with E-state index in [1.165, 1.54) is 10.4 Å². The fraction of sp³-hybridized carbons (Fsp3) is 0.400. The van der Waals surface area contributed by atoms with Gasteiger partial charge in [0, 0.05) is 10.6 Å². The summed E-state index contributed by atoms with van der Waals surface area (Å²) in [5.41, 5.74) is 2.15. The van der Waals surface area contributed by atoms with Crippen molar-refractivity contribution in [2.24, 2.45) is 0 Å². The van der Waals surface area contributed by atoms with E-state index in [0.29, 0.717) is 6.79 Å². The van der Waals surface area contributed by atoms with Crippen LogP contribution in [0.3, 0.4) is 0 Å². The third kappa shape index (κ3) is 3.23. The van der Waals surface area contributed by atoms with E-state index < -0.39 is 0 Å². The molecule has 1 aliphatic carbocycles. The molecule has 7 heteroatoms. The molecular formula is C20H20N2O3S2. The number of ether oxygens (including phenoxy) is 2. The maximum atomic E-state index is 13.5. The van der Waals surface area contributed by atoms with Gasteiger partial charge in [-0.2, -0.15) is 0 Å². The summed E-state index contributed by atoms with van der Waals surface area (Å²) < 4.78 is 12.7. The van der Waals surface area contributed by atoms with Gasteiger partial charge in [0.25, 0.3) is 5.56 Å². The summed E-state index contributed by atoms with van der Waals surface area (Å²) in [7, 11) is 0. The molecule has 0 bridgehead atoms. The molecular weight excluding hydrogens is 380 g/mol. The number of nitrogens with zero attached hydrogens (tertiary/aromatic N) is 2. The van der Waals surface area contributed by atoms with E-state index in [1.807, 2.05) is 30.3 Å². The van der Waals surface area contributed by atoms with E-state index >= 15 is 0 Å². The van der Waals surface area contributed by atoms with Gasteiger partial charge in [0.05, 0.1) is 23.8 Å². The zero-order chi connectivity index (χ0) is 18.2. The molecule has 1 aromatic carbocycles. The lowest BCUT2D eigenvalue weighted by atomic mass is 10.2. The Kier molecular flexibility index (Phi) is 4.77. The smallest absolute Gasteiger partial charge is 0.267 e. The molecule has 0 radical (unpaired) electrons. The van der Waals surface area contributed by atoms with Crippen molar-refractivity contribution in [3.63, 3.8) is 0 Å². The molecule has 5 nitrogen and oxygen atoms in total. The summed E-state index contributed by atoms with van der Waals surface area (Å²) in [5, 5.41) is 1.57. The van der Waals surface area contributed by atoms with Crippen molar-refractivity contribution in [1.29, 1.82) is 0 Å². The maximum Gasteiger partial charge on any atom is 0.267 e. The van der Waals surface area contributed by atoms with Gasteiger partial charge < -0.3 is 9.47 Å². The lowest BCUT2D eigenvalue weighted by molar-refractivity contribution is -0.130. The van der Waals surface area contributed by atoms with Gasteiger partial charge in [0.2, 0.25) is 0 Å². The number of thiophene rings is 1. The number of hydrogen-bond acceptors (Lipinski definition) is 6. The summed E-state index contributed by atoms with van der Waals surface area (Å²) >= 11 is 3.29. The number of rotatable bonds is 4. The summed E-state index contributed by atoms with van der Waals surface area (Å²) in [5.74, 6) is 0.763. The minimum Gasteiger partial charge on any atom is -0.355 e. The number of aryl methyl sites for hydroxylation is 2. The second kappa shape index (κ2) is 7.39. The average molecular weight is 401 g/mol. The van der Waals surface area contributed by atoms with Crippen LogP contribution in [0.4, 0.5) is 0 Å². The van der Waals surface area contributed by atoms with Crippen LogP contribution in [0.15, 0.2) is 40.3 Å². The highest BCUT2D eigenvalue weighted by Crippen LogP contribution is 2.36. The standard InChI is InChI=1S/C20H20N2O3S2/c23-19-17-15-7-4-8-16(15)27-18(17)21-20(22(19)13-5-2-1-3-6-13)26-11-14-9-10-24-12-25-14/h1-3,5-6,14H,4,7-12H2/t14-/m1/s1. The molecule has 5 rings (SSSR count). The summed E-state index contributed by atoms with van der Waals surface area (Å²) in [4.78, 5) is 20.6.